The molecule has 0 N–H and O–H groups in total. The Bertz CT molecular complexity index is 974. The van der Waals surface area contributed by atoms with Crippen LogP contribution >= 0.6 is 0 Å². The second kappa shape index (κ2) is 5.29. The first-order chi connectivity index (χ1) is 11.0. The summed E-state index contributed by atoms with van der Waals surface area (Å²) < 4.78 is 7.10. The van der Waals surface area contributed by atoms with Gasteiger partial charge in [-0.1, -0.05) is 5.21 Å². The molecule has 0 saturated carbocycles. The van der Waals surface area contributed by atoms with Crippen LogP contribution in [0.2, 0.25) is 0 Å². The molecule has 0 radical (unpaired) electrons. The Morgan fingerprint density at radius 1 is 1.30 bits per heavy atom. The van der Waals surface area contributed by atoms with Gasteiger partial charge >= 0.3 is 11.7 Å². The van der Waals surface area contributed by atoms with Crippen molar-refractivity contribution in [1.82, 2.24) is 24.4 Å². The van der Waals surface area contributed by atoms with Crippen molar-refractivity contribution in [3.8, 4) is 5.75 Å². The lowest BCUT2D eigenvalue weighted by molar-refractivity contribution is -0.384. The predicted molar refractivity (Wildman–Crippen MR) is 74.1 cm³/mol. The molecule has 11 nitrogen and oxygen atoms in total. The van der Waals surface area contributed by atoms with E-state index in [9.17, 15) is 19.7 Å². The molecule has 116 valence electrons. The molecule has 0 atom stereocenters. The second-order valence-corrected chi connectivity index (χ2v) is 4.42. The third-order valence-electron chi connectivity index (χ3n) is 2.95. The molecule has 1 aromatic carbocycles. The van der Waals surface area contributed by atoms with Crippen LogP contribution < -0.4 is 10.4 Å². The van der Waals surface area contributed by atoms with Crippen molar-refractivity contribution < 1.29 is 14.5 Å². The van der Waals surface area contributed by atoms with Crippen molar-refractivity contribution in [2.45, 2.75) is 0 Å². The number of carbonyl (C=O) groups excluding carboxylic acids is 1. The third-order valence-corrected chi connectivity index (χ3v) is 2.95. The molecule has 3 aromatic rings. The monoisotopic (exact) mass is 316 g/mol. The highest BCUT2D eigenvalue weighted by atomic mass is 16.6. The van der Waals surface area contributed by atoms with Gasteiger partial charge in [0.15, 0.2) is 11.3 Å². The molecule has 0 saturated heterocycles. The average molecular weight is 316 g/mol. The molecule has 0 aliphatic heterocycles. The Morgan fingerprint density at radius 2 is 2.00 bits per heavy atom. The summed E-state index contributed by atoms with van der Waals surface area (Å²) in [5.74, 6) is -0.762. The SMILES string of the molecule is Cn1nnc2c(C(=O)Oc3ccc([N+](=O)[O-])cc3)ncn2c1=O. The fourth-order valence-corrected chi connectivity index (χ4v) is 1.82. The molecule has 0 fully saturated rings. The van der Waals surface area contributed by atoms with Crippen LogP contribution in [-0.4, -0.2) is 35.3 Å². The highest BCUT2D eigenvalue weighted by Crippen LogP contribution is 2.18. The van der Waals surface area contributed by atoms with E-state index in [2.05, 4.69) is 15.3 Å². The number of hydrogen-bond donors (Lipinski definition) is 0. The summed E-state index contributed by atoms with van der Waals surface area (Å²) in [6, 6.07) is 4.95. The van der Waals surface area contributed by atoms with Crippen LogP contribution in [0.5, 0.6) is 5.75 Å². The molecule has 0 bridgehead atoms. The van der Waals surface area contributed by atoms with Crippen molar-refractivity contribution >= 4 is 17.3 Å². The fourth-order valence-electron chi connectivity index (χ4n) is 1.82. The number of rotatable bonds is 3. The lowest BCUT2D eigenvalue weighted by Gasteiger charge is -2.02. The largest absolute Gasteiger partial charge is 0.422 e. The molecule has 2 aromatic heterocycles. The average Bonchev–Trinajstić information content (AvgIpc) is 2.96. The number of nitro groups is 1. The van der Waals surface area contributed by atoms with Gasteiger partial charge in [0.1, 0.15) is 12.1 Å². The predicted octanol–water partition coefficient (Wildman–Crippen LogP) is -0.0496. The summed E-state index contributed by atoms with van der Waals surface area (Å²) >= 11 is 0. The molecule has 0 spiro atoms. The zero-order valence-electron chi connectivity index (χ0n) is 11.6. The summed E-state index contributed by atoms with van der Waals surface area (Å²) in [6.07, 6.45) is 1.14. The van der Waals surface area contributed by atoms with Crippen LogP contribution in [0.1, 0.15) is 10.5 Å². The summed E-state index contributed by atoms with van der Waals surface area (Å²) in [7, 11) is 1.41. The van der Waals surface area contributed by atoms with Gasteiger partial charge in [-0.15, -0.1) is 5.10 Å². The lowest BCUT2D eigenvalue weighted by Crippen LogP contribution is -2.27. The standard InChI is InChI=1S/C12H8N6O5/c1-16-12(20)17-6-13-9(10(17)14-15-16)11(19)23-8-4-2-7(3-5-8)18(21)22/h2-6H,1H3. The van der Waals surface area contributed by atoms with Gasteiger partial charge in [0, 0.05) is 19.2 Å². The Balaban J connectivity index is 1.90. The Morgan fingerprint density at radius 3 is 2.65 bits per heavy atom. The highest BCUT2D eigenvalue weighted by Gasteiger charge is 2.19. The summed E-state index contributed by atoms with van der Waals surface area (Å²) in [5.41, 5.74) is -0.878. The minimum absolute atomic E-state index is 0.0417. The highest BCUT2D eigenvalue weighted by molar-refractivity contribution is 5.94. The van der Waals surface area contributed by atoms with E-state index in [1.807, 2.05) is 0 Å². The number of esters is 1. The number of benzene rings is 1. The number of aryl methyl sites for hydroxylation is 1. The Kier molecular flexibility index (Phi) is 3.29. The van der Waals surface area contributed by atoms with E-state index in [0.29, 0.717) is 0 Å². The lowest BCUT2D eigenvalue weighted by atomic mass is 10.3. The number of nitrogens with zero attached hydrogens (tertiary/aromatic N) is 6. The van der Waals surface area contributed by atoms with E-state index in [-0.39, 0.29) is 22.8 Å². The summed E-state index contributed by atoms with van der Waals surface area (Å²) in [4.78, 5) is 37.7. The van der Waals surface area contributed by atoms with E-state index in [1.54, 1.807) is 0 Å². The number of hydrogen-bond acceptors (Lipinski definition) is 8. The van der Waals surface area contributed by atoms with Crippen LogP contribution in [0, 0.1) is 10.1 Å². The van der Waals surface area contributed by atoms with Crippen molar-refractivity contribution in [1.29, 1.82) is 0 Å². The molecule has 0 unspecified atom stereocenters. The first-order valence-corrected chi connectivity index (χ1v) is 6.21. The Hall–Kier alpha value is -3.63. The minimum Gasteiger partial charge on any atom is -0.422 e. The van der Waals surface area contributed by atoms with Crippen molar-refractivity contribution in [2.75, 3.05) is 0 Å². The summed E-state index contributed by atoms with van der Waals surface area (Å²) in [5, 5.41) is 17.9. The smallest absolute Gasteiger partial charge is 0.366 e. The molecule has 0 aliphatic rings. The van der Waals surface area contributed by atoms with Gasteiger partial charge in [0.25, 0.3) is 5.69 Å². The zero-order valence-corrected chi connectivity index (χ0v) is 11.6. The molecular formula is C12H8N6O5. The summed E-state index contributed by atoms with van der Waals surface area (Å²) in [6.45, 7) is 0. The number of imidazole rings is 1. The third kappa shape index (κ3) is 2.50. The van der Waals surface area contributed by atoms with Gasteiger partial charge < -0.3 is 4.74 Å². The Labute approximate surface area is 126 Å². The maximum atomic E-state index is 12.1. The molecule has 0 amide bonds. The number of aromatic nitrogens is 5. The van der Waals surface area contributed by atoms with E-state index < -0.39 is 16.6 Å². The molecule has 3 rings (SSSR count). The van der Waals surface area contributed by atoms with Crippen LogP contribution in [0.25, 0.3) is 5.65 Å². The molecule has 2 heterocycles. The topological polar surface area (TPSA) is 135 Å². The van der Waals surface area contributed by atoms with E-state index in [4.69, 9.17) is 4.74 Å². The maximum absolute atomic E-state index is 12.1. The van der Waals surface area contributed by atoms with Crippen molar-refractivity contribution in [2.24, 2.45) is 7.05 Å². The van der Waals surface area contributed by atoms with Crippen LogP contribution in [0.3, 0.4) is 0 Å². The number of fused-ring (bicyclic) bond motifs is 1. The first-order valence-electron chi connectivity index (χ1n) is 6.21. The first kappa shape index (κ1) is 14.3. The molecule has 11 heteroatoms. The van der Waals surface area contributed by atoms with Crippen molar-refractivity contribution in [3.63, 3.8) is 0 Å². The van der Waals surface area contributed by atoms with Gasteiger partial charge in [-0.25, -0.2) is 19.0 Å². The van der Waals surface area contributed by atoms with Crippen molar-refractivity contribution in [3.05, 3.63) is 56.9 Å². The normalized spacial score (nSPS) is 10.7. The van der Waals surface area contributed by atoms with Gasteiger partial charge in [-0.3, -0.25) is 10.1 Å². The van der Waals surface area contributed by atoms with Crippen LogP contribution in [-0.2, 0) is 7.05 Å². The molecule has 0 aliphatic carbocycles. The zero-order chi connectivity index (χ0) is 16.6. The van der Waals surface area contributed by atoms with Gasteiger partial charge in [-0.05, 0) is 12.1 Å². The number of ether oxygens (including phenoxy) is 1. The van der Waals surface area contributed by atoms with Crippen LogP contribution in [0.15, 0.2) is 35.4 Å². The van der Waals surface area contributed by atoms with E-state index in [0.717, 1.165) is 15.4 Å². The minimum atomic E-state index is -0.857. The van der Waals surface area contributed by atoms with Gasteiger partial charge in [-0.2, -0.15) is 4.68 Å². The number of nitro benzene ring substituents is 1. The number of carbonyl (C=O) groups is 1. The maximum Gasteiger partial charge on any atom is 0.366 e. The van der Waals surface area contributed by atoms with E-state index >= 15 is 0 Å². The molecular weight excluding hydrogens is 308 g/mol. The fraction of sp³-hybridized carbons (Fsp3) is 0.0833. The van der Waals surface area contributed by atoms with E-state index in [1.165, 1.54) is 31.3 Å². The van der Waals surface area contributed by atoms with Gasteiger partial charge in [0.2, 0.25) is 0 Å². The number of non-ortho nitro benzene ring substituents is 1. The second-order valence-electron chi connectivity index (χ2n) is 4.42. The van der Waals surface area contributed by atoms with Crippen LogP contribution in [0.4, 0.5) is 5.69 Å². The molecule has 23 heavy (non-hydrogen) atoms. The van der Waals surface area contributed by atoms with Gasteiger partial charge in [0.05, 0.1) is 4.92 Å². The quantitative estimate of drug-likeness (QED) is 0.284.